The molecule has 1 N–H and O–H groups in total. The Kier molecular flexibility index (Phi) is 6.73. The van der Waals surface area contributed by atoms with Crippen LogP contribution in [0.1, 0.15) is 11.3 Å². The van der Waals surface area contributed by atoms with Crippen molar-refractivity contribution in [3.05, 3.63) is 60.3 Å². The van der Waals surface area contributed by atoms with Crippen LogP contribution >= 0.6 is 12.2 Å². The standard InChI is InChI=1S/C18H15F6N3OS/c1-3-8-27(2)16(29)25-12-4-6-13(7-5-12)28-15-10-11(17(19,20)21)9-14(26-15)18(22,23)24/h3-7,9-10H,1,8H2,2H3,(H,25,29). The first-order valence-corrected chi connectivity index (χ1v) is 8.38. The maximum absolute atomic E-state index is 12.9. The van der Waals surface area contributed by atoms with Crippen molar-refractivity contribution in [1.82, 2.24) is 9.88 Å². The summed E-state index contributed by atoms with van der Waals surface area (Å²) in [6, 6.07) is 6.05. The molecule has 0 saturated carbocycles. The number of hydrogen-bond donors (Lipinski definition) is 1. The molecule has 2 rings (SSSR count). The van der Waals surface area contributed by atoms with Crippen molar-refractivity contribution < 1.29 is 31.1 Å². The highest BCUT2D eigenvalue weighted by atomic mass is 32.1. The molecule has 0 aliphatic rings. The molecule has 29 heavy (non-hydrogen) atoms. The minimum atomic E-state index is -5.06. The van der Waals surface area contributed by atoms with Crippen molar-refractivity contribution in [2.24, 2.45) is 0 Å². The van der Waals surface area contributed by atoms with Gasteiger partial charge >= 0.3 is 12.4 Å². The molecule has 0 atom stereocenters. The monoisotopic (exact) mass is 435 g/mol. The van der Waals surface area contributed by atoms with Crippen LogP contribution in [0.15, 0.2) is 49.1 Å². The van der Waals surface area contributed by atoms with E-state index in [4.69, 9.17) is 17.0 Å². The number of nitrogens with one attached hydrogen (secondary N) is 1. The number of aromatic nitrogens is 1. The van der Waals surface area contributed by atoms with E-state index in [1.165, 1.54) is 24.3 Å². The van der Waals surface area contributed by atoms with Crippen LogP contribution in [0.5, 0.6) is 11.6 Å². The highest BCUT2D eigenvalue weighted by Gasteiger charge is 2.38. The molecule has 0 bridgehead atoms. The summed E-state index contributed by atoms with van der Waals surface area (Å²) < 4.78 is 82.3. The number of hydrogen-bond acceptors (Lipinski definition) is 3. The number of pyridine rings is 1. The van der Waals surface area contributed by atoms with Gasteiger partial charge in [-0.15, -0.1) is 6.58 Å². The third kappa shape index (κ3) is 6.34. The molecule has 156 valence electrons. The van der Waals surface area contributed by atoms with Crippen molar-refractivity contribution in [3.8, 4) is 11.6 Å². The second kappa shape index (κ2) is 8.68. The van der Waals surface area contributed by atoms with E-state index in [2.05, 4.69) is 16.9 Å². The maximum atomic E-state index is 12.9. The van der Waals surface area contributed by atoms with Crippen LogP contribution in [0, 0.1) is 0 Å². The van der Waals surface area contributed by atoms with Crippen molar-refractivity contribution >= 4 is 23.0 Å². The van der Waals surface area contributed by atoms with Crippen LogP contribution < -0.4 is 10.1 Å². The summed E-state index contributed by atoms with van der Waals surface area (Å²) in [5.74, 6) is -0.824. The van der Waals surface area contributed by atoms with Gasteiger partial charge in [-0.2, -0.15) is 26.3 Å². The second-order valence-electron chi connectivity index (χ2n) is 5.80. The summed E-state index contributed by atoms with van der Waals surface area (Å²) in [5.41, 5.74) is -2.66. The lowest BCUT2D eigenvalue weighted by molar-refractivity contribution is -0.145. The van der Waals surface area contributed by atoms with Crippen LogP contribution in [0.2, 0.25) is 0 Å². The quantitative estimate of drug-likeness (QED) is 0.369. The number of likely N-dealkylation sites (N-methyl/N-ethyl adjacent to an activating group) is 1. The normalized spacial score (nSPS) is 11.7. The van der Waals surface area contributed by atoms with Crippen LogP contribution in [0.25, 0.3) is 0 Å². The van der Waals surface area contributed by atoms with Gasteiger partial charge in [0.15, 0.2) is 5.11 Å². The molecule has 1 aromatic carbocycles. The van der Waals surface area contributed by atoms with E-state index < -0.39 is 29.5 Å². The Balaban J connectivity index is 2.21. The molecule has 0 spiro atoms. The summed E-state index contributed by atoms with van der Waals surface area (Å²) in [6.45, 7) is 4.10. The van der Waals surface area contributed by atoms with Gasteiger partial charge < -0.3 is 15.0 Å². The Labute approximate surface area is 167 Å². The topological polar surface area (TPSA) is 37.4 Å². The summed E-state index contributed by atoms with van der Waals surface area (Å²) in [6.07, 6.45) is -8.38. The highest BCUT2D eigenvalue weighted by molar-refractivity contribution is 7.80. The highest BCUT2D eigenvalue weighted by Crippen LogP contribution is 2.37. The van der Waals surface area contributed by atoms with Gasteiger partial charge in [-0.1, -0.05) is 6.08 Å². The first-order chi connectivity index (χ1) is 13.4. The lowest BCUT2D eigenvalue weighted by Gasteiger charge is -2.19. The van der Waals surface area contributed by atoms with Crippen molar-refractivity contribution in [2.45, 2.75) is 12.4 Å². The van der Waals surface area contributed by atoms with E-state index in [0.717, 1.165) is 0 Å². The minimum absolute atomic E-state index is 0.000800. The van der Waals surface area contributed by atoms with Gasteiger partial charge in [-0.3, -0.25) is 0 Å². The zero-order valence-electron chi connectivity index (χ0n) is 14.9. The van der Waals surface area contributed by atoms with Crippen molar-refractivity contribution in [2.75, 3.05) is 18.9 Å². The van der Waals surface area contributed by atoms with Gasteiger partial charge in [0, 0.05) is 25.3 Å². The van der Waals surface area contributed by atoms with Crippen molar-refractivity contribution in [1.29, 1.82) is 0 Å². The van der Waals surface area contributed by atoms with E-state index in [9.17, 15) is 26.3 Å². The number of alkyl halides is 6. The van der Waals surface area contributed by atoms with Gasteiger partial charge in [0.25, 0.3) is 0 Å². The number of thiocarbonyl (C=S) groups is 1. The number of ether oxygens (including phenoxy) is 1. The van der Waals surface area contributed by atoms with E-state index in [1.807, 2.05) is 0 Å². The molecule has 1 heterocycles. The smallest absolute Gasteiger partial charge is 0.433 e. The lowest BCUT2D eigenvalue weighted by Crippen LogP contribution is -2.30. The third-order valence-electron chi connectivity index (χ3n) is 3.50. The SMILES string of the molecule is C=CCN(C)C(=S)Nc1ccc(Oc2cc(C(F)(F)F)cc(C(F)(F)F)n2)cc1. The Morgan fingerprint density at radius 1 is 1.14 bits per heavy atom. The van der Waals surface area contributed by atoms with E-state index >= 15 is 0 Å². The number of benzene rings is 1. The molecule has 0 unspecified atom stereocenters. The molecule has 0 fully saturated rings. The zero-order valence-corrected chi connectivity index (χ0v) is 15.8. The number of rotatable bonds is 5. The van der Waals surface area contributed by atoms with E-state index in [1.54, 1.807) is 18.0 Å². The first-order valence-electron chi connectivity index (χ1n) is 7.97. The second-order valence-corrected chi connectivity index (χ2v) is 6.19. The van der Waals surface area contributed by atoms with Crippen LogP contribution in [0.3, 0.4) is 0 Å². The fraction of sp³-hybridized carbons (Fsp3) is 0.222. The third-order valence-corrected chi connectivity index (χ3v) is 3.91. The van der Waals surface area contributed by atoms with Crippen molar-refractivity contribution in [3.63, 3.8) is 0 Å². The molecule has 0 amide bonds. The van der Waals surface area contributed by atoms with Gasteiger partial charge in [-0.25, -0.2) is 4.98 Å². The van der Waals surface area contributed by atoms with Crippen LogP contribution in [-0.4, -0.2) is 28.6 Å². The average molecular weight is 435 g/mol. The Morgan fingerprint density at radius 3 is 2.28 bits per heavy atom. The van der Waals surface area contributed by atoms with Gasteiger partial charge in [0.1, 0.15) is 11.4 Å². The maximum Gasteiger partial charge on any atom is 0.433 e. The molecule has 0 radical (unpaired) electrons. The Bertz CT molecular complexity index is 848. The predicted octanol–water partition coefficient (Wildman–Crippen LogP) is 5.73. The van der Waals surface area contributed by atoms with Crippen LogP contribution in [-0.2, 0) is 12.4 Å². The summed E-state index contributed by atoms with van der Waals surface area (Å²) in [5, 5.41) is 3.31. The minimum Gasteiger partial charge on any atom is -0.439 e. The molecule has 0 aliphatic heterocycles. The molecular weight excluding hydrogens is 420 g/mol. The Hall–Kier alpha value is -2.82. The fourth-order valence-electron chi connectivity index (χ4n) is 2.09. The Morgan fingerprint density at radius 2 is 1.76 bits per heavy atom. The van der Waals surface area contributed by atoms with Crippen LogP contribution in [0.4, 0.5) is 32.0 Å². The summed E-state index contributed by atoms with van der Waals surface area (Å²) in [4.78, 5) is 4.83. The fourth-order valence-corrected chi connectivity index (χ4v) is 2.28. The van der Waals surface area contributed by atoms with Gasteiger partial charge in [0.05, 0.1) is 5.56 Å². The van der Waals surface area contributed by atoms with E-state index in [-0.39, 0.29) is 11.8 Å². The van der Waals surface area contributed by atoms with E-state index in [0.29, 0.717) is 23.4 Å². The predicted molar refractivity (Wildman–Crippen MR) is 99.8 cm³/mol. The lowest BCUT2D eigenvalue weighted by atomic mass is 10.2. The first kappa shape index (κ1) is 22.5. The molecule has 0 saturated heterocycles. The summed E-state index contributed by atoms with van der Waals surface area (Å²) in [7, 11) is 1.74. The zero-order chi connectivity index (χ0) is 21.8. The number of anilines is 1. The number of halogens is 6. The molecule has 11 heteroatoms. The molecular formula is C18H15F6N3OS. The number of nitrogens with zero attached hydrogens (tertiary/aromatic N) is 2. The summed E-state index contributed by atoms with van der Waals surface area (Å²) >= 11 is 5.17. The molecule has 1 aromatic heterocycles. The largest absolute Gasteiger partial charge is 0.439 e. The average Bonchev–Trinajstić information content (AvgIpc) is 2.62. The van der Waals surface area contributed by atoms with Gasteiger partial charge in [-0.05, 0) is 42.5 Å². The molecule has 2 aromatic rings. The van der Waals surface area contributed by atoms with Gasteiger partial charge in [0.2, 0.25) is 5.88 Å². The molecule has 0 aliphatic carbocycles. The molecule has 4 nitrogen and oxygen atoms in total.